The second-order valence-electron chi connectivity index (χ2n) is 5.68. The molecule has 108 valence electrons. The van der Waals surface area contributed by atoms with Crippen molar-refractivity contribution in [3.8, 4) is 0 Å². The summed E-state index contributed by atoms with van der Waals surface area (Å²) in [6, 6.07) is 9.42. The van der Waals surface area contributed by atoms with Crippen LogP contribution in [-0.4, -0.2) is 33.9 Å². The maximum Gasteiger partial charge on any atom is 0.0618 e. The molecule has 2 atom stereocenters. The van der Waals surface area contributed by atoms with E-state index in [0.717, 1.165) is 6.61 Å². The number of hydrogen-bond acceptors (Lipinski definition) is 3. The molecule has 0 aliphatic carbocycles. The quantitative estimate of drug-likeness (QED) is 0.819. The predicted molar refractivity (Wildman–Crippen MR) is 82.8 cm³/mol. The van der Waals surface area contributed by atoms with Gasteiger partial charge in [0.05, 0.1) is 6.61 Å². The SMILES string of the molecule is COCC(NC(C)c1ccc(N(C)C)cc1)C(C)C. The largest absolute Gasteiger partial charge is 0.383 e. The molecule has 0 saturated carbocycles. The van der Waals surface area contributed by atoms with Gasteiger partial charge >= 0.3 is 0 Å². The molecular weight excluding hydrogens is 236 g/mol. The van der Waals surface area contributed by atoms with Crippen LogP contribution in [0.4, 0.5) is 5.69 Å². The standard InChI is InChI=1S/C16H28N2O/c1-12(2)16(11-19-6)17-13(3)14-7-9-15(10-8-14)18(4)5/h7-10,12-13,16-17H,11H2,1-6H3. The van der Waals surface area contributed by atoms with Crippen LogP contribution in [0.1, 0.15) is 32.4 Å². The van der Waals surface area contributed by atoms with Gasteiger partial charge in [-0.1, -0.05) is 26.0 Å². The van der Waals surface area contributed by atoms with E-state index in [4.69, 9.17) is 4.74 Å². The molecule has 3 nitrogen and oxygen atoms in total. The van der Waals surface area contributed by atoms with Crippen LogP contribution in [0.5, 0.6) is 0 Å². The first-order valence-electron chi connectivity index (χ1n) is 6.98. The van der Waals surface area contributed by atoms with Gasteiger partial charge in [0.15, 0.2) is 0 Å². The highest BCUT2D eigenvalue weighted by atomic mass is 16.5. The Morgan fingerprint density at radius 1 is 1.11 bits per heavy atom. The minimum Gasteiger partial charge on any atom is -0.383 e. The first kappa shape index (κ1) is 16.0. The van der Waals surface area contributed by atoms with E-state index in [2.05, 4.69) is 69.3 Å². The van der Waals surface area contributed by atoms with Gasteiger partial charge in [-0.2, -0.15) is 0 Å². The summed E-state index contributed by atoms with van der Waals surface area (Å²) in [6.45, 7) is 7.39. The summed E-state index contributed by atoms with van der Waals surface area (Å²) in [7, 11) is 5.88. The van der Waals surface area contributed by atoms with Crippen LogP contribution in [0.2, 0.25) is 0 Å². The molecule has 0 aliphatic heterocycles. The van der Waals surface area contributed by atoms with E-state index in [0.29, 0.717) is 18.0 Å². The van der Waals surface area contributed by atoms with Crippen molar-refractivity contribution in [2.75, 3.05) is 32.7 Å². The molecule has 0 radical (unpaired) electrons. The fraction of sp³-hybridized carbons (Fsp3) is 0.625. The number of nitrogens with one attached hydrogen (secondary N) is 1. The minimum absolute atomic E-state index is 0.332. The van der Waals surface area contributed by atoms with Gasteiger partial charge in [0.1, 0.15) is 0 Å². The van der Waals surface area contributed by atoms with E-state index >= 15 is 0 Å². The van der Waals surface area contributed by atoms with Gasteiger partial charge in [-0.05, 0) is 30.5 Å². The van der Waals surface area contributed by atoms with Gasteiger partial charge in [-0.3, -0.25) is 0 Å². The normalized spacial score (nSPS) is 14.5. The zero-order valence-electron chi connectivity index (χ0n) is 13.1. The van der Waals surface area contributed by atoms with Crippen molar-refractivity contribution in [1.29, 1.82) is 0 Å². The molecule has 0 heterocycles. The molecule has 2 unspecified atom stereocenters. The molecule has 0 saturated heterocycles. The fourth-order valence-electron chi connectivity index (χ4n) is 2.09. The number of nitrogens with zero attached hydrogens (tertiary/aromatic N) is 1. The maximum absolute atomic E-state index is 5.28. The lowest BCUT2D eigenvalue weighted by Gasteiger charge is -2.26. The third-order valence-corrected chi connectivity index (χ3v) is 3.52. The Hall–Kier alpha value is -1.06. The first-order chi connectivity index (χ1) is 8.95. The lowest BCUT2D eigenvalue weighted by Crippen LogP contribution is -2.39. The Kier molecular flexibility index (Phi) is 6.32. The molecule has 0 amide bonds. The van der Waals surface area contributed by atoms with Crippen molar-refractivity contribution in [3.05, 3.63) is 29.8 Å². The summed E-state index contributed by atoms with van der Waals surface area (Å²) in [4.78, 5) is 2.11. The van der Waals surface area contributed by atoms with Gasteiger partial charge in [-0.25, -0.2) is 0 Å². The van der Waals surface area contributed by atoms with Crippen molar-refractivity contribution >= 4 is 5.69 Å². The molecule has 1 aromatic carbocycles. The van der Waals surface area contributed by atoms with Crippen LogP contribution in [0.25, 0.3) is 0 Å². The Morgan fingerprint density at radius 3 is 2.11 bits per heavy atom. The highest BCUT2D eigenvalue weighted by molar-refractivity contribution is 5.46. The van der Waals surface area contributed by atoms with Gasteiger partial charge in [0.25, 0.3) is 0 Å². The predicted octanol–water partition coefficient (Wildman–Crippen LogP) is 3.07. The third kappa shape index (κ3) is 4.84. The van der Waals surface area contributed by atoms with Crippen molar-refractivity contribution in [2.24, 2.45) is 5.92 Å². The molecule has 0 aromatic heterocycles. The zero-order chi connectivity index (χ0) is 14.4. The third-order valence-electron chi connectivity index (χ3n) is 3.52. The maximum atomic E-state index is 5.28. The lowest BCUT2D eigenvalue weighted by molar-refractivity contribution is 0.141. The smallest absolute Gasteiger partial charge is 0.0618 e. The molecule has 1 aromatic rings. The second kappa shape index (κ2) is 7.51. The molecule has 0 fully saturated rings. The van der Waals surface area contributed by atoms with Crippen molar-refractivity contribution < 1.29 is 4.74 Å². The summed E-state index contributed by atoms with van der Waals surface area (Å²) >= 11 is 0. The zero-order valence-corrected chi connectivity index (χ0v) is 13.1. The summed E-state index contributed by atoms with van der Waals surface area (Å²) < 4.78 is 5.28. The Balaban J connectivity index is 2.68. The van der Waals surface area contributed by atoms with E-state index in [-0.39, 0.29) is 0 Å². The van der Waals surface area contributed by atoms with Crippen LogP contribution in [0.3, 0.4) is 0 Å². The average Bonchev–Trinajstić information content (AvgIpc) is 2.38. The summed E-state index contributed by atoms with van der Waals surface area (Å²) in [5.74, 6) is 0.559. The van der Waals surface area contributed by atoms with Crippen molar-refractivity contribution in [3.63, 3.8) is 0 Å². The minimum atomic E-state index is 0.332. The topological polar surface area (TPSA) is 24.5 Å². The van der Waals surface area contributed by atoms with Crippen molar-refractivity contribution in [1.82, 2.24) is 5.32 Å². The molecule has 0 aliphatic rings. The Morgan fingerprint density at radius 2 is 1.68 bits per heavy atom. The van der Waals surface area contributed by atoms with Crippen LogP contribution in [-0.2, 0) is 4.74 Å². The highest BCUT2D eigenvalue weighted by Crippen LogP contribution is 2.19. The lowest BCUT2D eigenvalue weighted by atomic mass is 10.0. The molecule has 0 spiro atoms. The van der Waals surface area contributed by atoms with Gasteiger partial charge in [0.2, 0.25) is 0 Å². The Labute approximate surface area is 118 Å². The van der Waals surface area contributed by atoms with Crippen LogP contribution < -0.4 is 10.2 Å². The number of anilines is 1. The summed E-state index contributed by atoms with van der Waals surface area (Å²) in [6.07, 6.45) is 0. The van der Waals surface area contributed by atoms with Gasteiger partial charge < -0.3 is 15.0 Å². The van der Waals surface area contributed by atoms with E-state index in [1.165, 1.54) is 11.3 Å². The average molecular weight is 264 g/mol. The van der Waals surface area contributed by atoms with E-state index < -0.39 is 0 Å². The molecule has 1 rings (SSSR count). The first-order valence-corrected chi connectivity index (χ1v) is 6.98. The highest BCUT2D eigenvalue weighted by Gasteiger charge is 2.16. The second-order valence-corrected chi connectivity index (χ2v) is 5.68. The fourth-order valence-corrected chi connectivity index (χ4v) is 2.09. The van der Waals surface area contributed by atoms with Crippen LogP contribution >= 0.6 is 0 Å². The van der Waals surface area contributed by atoms with Crippen LogP contribution in [0, 0.1) is 5.92 Å². The number of ether oxygens (including phenoxy) is 1. The molecule has 0 bridgehead atoms. The molecule has 19 heavy (non-hydrogen) atoms. The monoisotopic (exact) mass is 264 g/mol. The number of benzene rings is 1. The molecule has 3 heteroatoms. The summed E-state index contributed by atoms with van der Waals surface area (Å²) in [5, 5.41) is 3.64. The molecular formula is C16H28N2O. The van der Waals surface area contributed by atoms with Crippen molar-refractivity contribution in [2.45, 2.75) is 32.9 Å². The number of hydrogen-bond donors (Lipinski definition) is 1. The van der Waals surface area contributed by atoms with E-state index in [1.54, 1.807) is 7.11 Å². The molecule has 1 N–H and O–H groups in total. The number of rotatable bonds is 7. The van der Waals surface area contributed by atoms with Crippen LogP contribution in [0.15, 0.2) is 24.3 Å². The van der Waals surface area contributed by atoms with E-state index in [9.17, 15) is 0 Å². The van der Waals surface area contributed by atoms with Gasteiger partial charge in [0, 0.05) is 39.0 Å². The number of methoxy groups -OCH3 is 1. The summed E-state index contributed by atoms with van der Waals surface area (Å²) in [5.41, 5.74) is 2.54. The Bertz CT molecular complexity index is 360. The van der Waals surface area contributed by atoms with E-state index in [1.807, 2.05) is 0 Å². The van der Waals surface area contributed by atoms with Gasteiger partial charge in [-0.15, -0.1) is 0 Å².